The fraction of sp³-hybridized carbons (Fsp3) is 0.160. The predicted octanol–water partition coefficient (Wildman–Crippen LogP) is 5.58. The van der Waals surface area contributed by atoms with Crippen LogP contribution in [0.5, 0.6) is 0 Å². The molecule has 0 N–H and O–H groups in total. The van der Waals surface area contributed by atoms with Crippen molar-refractivity contribution in [3.63, 3.8) is 0 Å². The Hall–Kier alpha value is -3.64. The first-order chi connectivity index (χ1) is 15.6. The Balaban J connectivity index is 1.45. The van der Waals surface area contributed by atoms with Crippen LogP contribution in [0, 0.1) is 6.92 Å². The fourth-order valence-corrected chi connectivity index (χ4v) is 3.31. The zero-order chi connectivity index (χ0) is 22.3. The van der Waals surface area contributed by atoms with Crippen molar-refractivity contribution in [1.29, 1.82) is 0 Å². The summed E-state index contributed by atoms with van der Waals surface area (Å²) in [6.07, 6.45) is 5.36. The minimum Gasteiger partial charge on any atom is -0.467 e. The number of amides is 1. The van der Waals surface area contributed by atoms with E-state index < -0.39 is 0 Å². The summed E-state index contributed by atoms with van der Waals surface area (Å²) < 4.78 is 10.8. The molecule has 0 atom stereocenters. The Labute approximate surface area is 191 Å². The zero-order valence-corrected chi connectivity index (χ0v) is 18.3. The van der Waals surface area contributed by atoms with Gasteiger partial charge in [-0.15, -0.1) is 0 Å². The maximum atomic E-state index is 12.9. The molecule has 2 aromatic heterocycles. The van der Waals surface area contributed by atoms with Crippen LogP contribution in [-0.2, 0) is 17.8 Å². The second kappa shape index (κ2) is 10.1. The lowest BCUT2D eigenvalue weighted by molar-refractivity contribution is -0.126. The third-order valence-corrected chi connectivity index (χ3v) is 5.36. The van der Waals surface area contributed by atoms with Crippen molar-refractivity contribution < 1.29 is 13.7 Å². The third-order valence-electron chi connectivity index (χ3n) is 4.95. The molecule has 0 spiro atoms. The first kappa shape index (κ1) is 21.6. The van der Waals surface area contributed by atoms with E-state index in [2.05, 4.69) is 10.1 Å². The number of aryl methyl sites for hydroxylation is 1. The topological polar surface area (TPSA) is 72.4 Å². The average Bonchev–Trinajstić information content (AvgIpc) is 3.50. The molecule has 0 aliphatic rings. The van der Waals surface area contributed by atoms with Crippen LogP contribution in [-0.4, -0.2) is 27.5 Å². The summed E-state index contributed by atoms with van der Waals surface area (Å²) in [5.41, 5.74) is 2.72. The second-order valence-corrected chi connectivity index (χ2v) is 7.72. The molecule has 0 bridgehead atoms. The van der Waals surface area contributed by atoms with Crippen molar-refractivity contribution in [3.05, 3.63) is 101 Å². The molecule has 2 heterocycles. The van der Waals surface area contributed by atoms with Gasteiger partial charge in [-0.3, -0.25) is 4.79 Å². The normalized spacial score (nSPS) is 11.2. The van der Waals surface area contributed by atoms with E-state index in [1.165, 1.54) is 0 Å². The molecule has 0 unspecified atom stereocenters. The van der Waals surface area contributed by atoms with Crippen molar-refractivity contribution in [1.82, 2.24) is 15.0 Å². The number of carbonyl (C=O) groups excluding carboxylic acids is 1. The lowest BCUT2D eigenvalue weighted by Crippen LogP contribution is -2.31. The number of nitrogens with zero attached hydrogens (tertiary/aromatic N) is 3. The molecule has 6 nitrogen and oxygen atoms in total. The Morgan fingerprint density at radius 3 is 2.72 bits per heavy atom. The number of hydrogen-bond donors (Lipinski definition) is 0. The number of hydrogen-bond acceptors (Lipinski definition) is 5. The summed E-state index contributed by atoms with van der Waals surface area (Å²) in [7, 11) is 0. The van der Waals surface area contributed by atoms with Crippen LogP contribution in [0.1, 0.15) is 22.8 Å². The van der Waals surface area contributed by atoms with Crippen LogP contribution in [0.3, 0.4) is 0 Å². The standard InChI is InChI=1S/C25H22ClN3O3/c1-18-9-11-20(16-22(18)26)25-27-23(32-28-25)13-14-29(17-21-8-5-15-31-21)24(30)12-10-19-6-3-2-4-7-19/h2-12,15-16H,13-14,17H2,1H3. The van der Waals surface area contributed by atoms with Crippen LogP contribution in [0.25, 0.3) is 17.5 Å². The molecular weight excluding hydrogens is 426 g/mol. The van der Waals surface area contributed by atoms with Gasteiger partial charge in [0, 0.05) is 29.6 Å². The number of benzene rings is 2. The first-order valence-electron chi connectivity index (χ1n) is 10.2. The highest BCUT2D eigenvalue weighted by Crippen LogP contribution is 2.23. The minimum absolute atomic E-state index is 0.129. The van der Waals surface area contributed by atoms with E-state index in [-0.39, 0.29) is 5.91 Å². The fourth-order valence-electron chi connectivity index (χ4n) is 3.13. The molecule has 0 aliphatic carbocycles. The maximum absolute atomic E-state index is 12.9. The third kappa shape index (κ3) is 5.53. The SMILES string of the molecule is Cc1ccc(-c2noc(CCN(Cc3ccco3)C(=O)C=Cc3ccccc3)n2)cc1Cl. The molecule has 0 fully saturated rings. The highest BCUT2D eigenvalue weighted by molar-refractivity contribution is 6.31. The minimum atomic E-state index is -0.129. The first-order valence-corrected chi connectivity index (χ1v) is 10.6. The van der Waals surface area contributed by atoms with Gasteiger partial charge in [0.1, 0.15) is 5.76 Å². The van der Waals surface area contributed by atoms with Gasteiger partial charge in [0.25, 0.3) is 0 Å². The molecule has 0 radical (unpaired) electrons. The summed E-state index contributed by atoms with van der Waals surface area (Å²) in [6.45, 7) is 2.68. The number of furan rings is 1. The molecule has 0 saturated carbocycles. The Kier molecular flexibility index (Phi) is 6.82. The van der Waals surface area contributed by atoms with Crippen molar-refractivity contribution in [3.8, 4) is 11.4 Å². The van der Waals surface area contributed by atoms with Crippen molar-refractivity contribution >= 4 is 23.6 Å². The molecule has 4 rings (SSSR count). The van der Waals surface area contributed by atoms with Gasteiger partial charge in [-0.25, -0.2) is 0 Å². The van der Waals surface area contributed by atoms with Crippen LogP contribution in [0.2, 0.25) is 5.02 Å². The van der Waals surface area contributed by atoms with Crippen LogP contribution in [0.4, 0.5) is 0 Å². The average molecular weight is 448 g/mol. The lowest BCUT2D eigenvalue weighted by Gasteiger charge is -2.19. The van der Waals surface area contributed by atoms with Crippen LogP contribution >= 0.6 is 11.6 Å². The van der Waals surface area contributed by atoms with E-state index in [9.17, 15) is 4.79 Å². The van der Waals surface area contributed by atoms with E-state index in [0.717, 1.165) is 16.7 Å². The van der Waals surface area contributed by atoms with Gasteiger partial charge >= 0.3 is 0 Å². The lowest BCUT2D eigenvalue weighted by atomic mass is 10.1. The van der Waals surface area contributed by atoms with E-state index in [4.69, 9.17) is 20.5 Å². The summed E-state index contributed by atoms with van der Waals surface area (Å²) in [5.74, 6) is 1.48. The monoisotopic (exact) mass is 447 g/mol. The largest absolute Gasteiger partial charge is 0.467 e. The van der Waals surface area contributed by atoms with Gasteiger partial charge in [0.15, 0.2) is 0 Å². The molecular formula is C25H22ClN3O3. The quantitative estimate of drug-likeness (QED) is 0.330. The van der Waals surface area contributed by atoms with Gasteiger partial charge in [-0.1, -0.05) is 59.2 Å². The summed E-state index contributed by atoms with van der Waals surface area (Å²) in [5, 5.41) is 4.70. The molecule has 1 amide bonds. The van der Waals surface area contributed by atoms with Crippen molar-refractivity contribution in [2.75, 3.05) is 6.54 Å². The van der Waals surface area contributed by atoms with Crippen LogP contribution < -0.4 is 0 Å². The van der Waals surface area contributed by atoms with E-state index in [1.807, 2.05) is 61.5 Å². The van der Waals surface area contributed by atoms with Gasteiger partial charge in [0.05, 0.1) is 12.8 Å². The van der Waals surface area contributed by atoms with E-state index in [0.29, 0.717) is 42.0 Å². The molecule has 7 heteroatoms. The van der Waals surface area contributed by atoms with Gasteiger partial charge in [-0.2, -0.15) is 4.98 Å². The van der Waals surface area contributed by atoms with Gasteiger partial charge in [-0.05, 0) is 42.3 Å². The molecule has 4 aromatic rings. The van der Waals surface area contributed by atoms with Crippen molar-refractivity contribution in [2.45, 2.75) is 19.9 Å². The number of carbonyl (C=O) groups is 1. The zero-order valence-electron chi connectivity index (χ0n) is 17.6. The molecule has 0 saturated heterocycles. The Morgan fingerprint density at radius 2 is 1.97 bits per heavy atom. The Bertz CT molecular complexity index is 1200. The van der Waals surface area contributed by atoms with E-state index in [1.54, 1.807) is 29.4 Å². The highest BCUT2D eigenvalue weighted by atomic mass is 35.5. The van der Waals surface area contributed by atoms with Crippen LogP contribution in [0.15, 0.2) is 81.9 Å². The van der Waals surface area contributed by atoms with E-state index >= 15 is 0 Å². The number of aromatic nitrogens is 2. The molecule has 162 valence electrons. The number of halogens is 1. The predicted molar refractivity (Wildman–Crippen MR) is 123 cm³/mol. The highest BCUT2D eigenvalue weighted by Gasteiger charge is 2.16. The summed E-state index contributed by atoms with van der Waals surface area (Å²) in [4.78, 5) is 19.0. The summed E-state index contributed by atoms with van der Waals surface area (Å²) >= 11 is 6.20. The molecule has 32 heavy (non-hydrogen) atoms. The smallest absolute Gasteiger partial charge is 0.246 e. The maximum Gasteiger partial charge on any atom is 0.246 e. The van der Waals surface area contributed by atoms with Gasteiger partial charge in [0.2, 0.25) is 17.6 Å². The molecule has 0 aliphatic heterocycles. The Morgan fingerprint density at radius 1 is 1.12 bits per heavy atom. The summed E-state index contributed by atoms with van der Waals surface area (Å²) in [6, 6.07) is 18.9. The molecule has 2 aromatic carbocycles. The second-order valence-electron chi connectivity index (χ2n) is 7.31. The van der Waals surface area contributed by atoms with Gasteiger partial charge < -0.3 is 13.8 Å². The number of rotatable bonds is 8. The van der Waals surface area contributed by atoms with Crippen molar-refractivity contribution in [2.24, 2.45) is 0 Å².